The molecule has 0 aliphatic carbocycles. The van der Waals surface area contributed by atoms with E-state index in [0.29, 0.717) is 11.8 Å². The second-order valence-electron chi connectivity index (χ2n) is 3.80. The molecular formula is C10H16BrNS. The predicted molar refractivity (Wildman–Crippen MR) is 62.9 cm³/mol. The summed E-state index contributed by atoms with van der Waals surface area (Å²) in [6, 6.07) is 0.153. The predicted octanol–water partition coefficient (Wildman–Crippen LogP) is 3.80. The van der Waals surface area contributed by atoms with Gasteiger partial charge in [0, 0.05) is 15.9 Å². The smallest absolute Gasteiger partial charge is 0.0342 e. The molecule has 1 nitrogen and oxygen atoms in total. The summed E-state index contributed by atoms with van der Waals surface area (Å²) in [5.41, 5.74) is 7.40. The highest BCUT2D eigenvalue weighted by Gasteiger charge is 2.20. The maximum atomic E-state index is 6.16. The van der Waals surface area contributed by atoms with Crippen molar-refractivity contribution in [3.8, 4) is 0 Å². The fourth-order valence-electron chi connectivity index (χ4n) is 1.23. The van der Waals surface area contributed by atoms with Crippen LogP contribution in [0, 0.1) is 11.8 Å². The quantitative estimate of drug-likeness (QED) is 0.880. The van der Waals surface area contributed by atoms with Crippen molar-refractivity contribution in [3.05, 3.63) is 20.8 Å². The zero-order chi connectivity index (χ0) is 10.0. The zero-order valence-electron chi connectivity index (χ0n) is 8.25. The number of rotatable bonds is 3. The molecule has 0 radical (unpaired) electrons. The number of hydrogen-bond donors (Lipinski definition) is 1. The van der Waals surface area contributed by atoms with Crippen molar-refractivity contribution < 1.29 is 0 Å². The normalized spacial score (nSPS) is 16.2. The van der Waals surface area contributed by atoms with E-state index in [1.54, 1.807) is 11.3 Å². The molecule has 2 N–H and O–H groups in total. The summed E-state index contributed by atoms with van der Waals surface area (Å²) >= 11 is 5.21. The molecule has 0 spiro atoms. The second kappa shape index (κ2) is 4.58. The van der Waals surface area contributed by atoms with Gasteiger partial charge in [-0.15, -0.1) is 0 Å². The van der Waals surface area contributed by atoms with E-state index in [-0.39, 0.29) is 6.04 Å². The Balaban J connectivity index is 2.79. The summed E-state index contributed by atoms with van der Waals surface area (Å²) in [6.07, 6.45) is 0. The average Bonchev–Trinajstić information content (AvgIpc) is 2.48. The maximum absolute atomic E-state index is 6.16. The van der Waals surface area contributed by atoms with Crippen molar-refractivity contribution in [3.63, 3.8) is 0 Å². The first-order valence-corrected chi connectivity index (χ1v) is 6.24. The van der Waals surface area contributed by atoms with Crippen LogP contribution >= 0.6 is 27.3 Å². The summed E-state index contributed by atoms with van der Waals surface area (Å²) in [4.78, 5) is 0. The lowest BCUT2D eigenvalue weighted by atomic mass is 9.88. The van der Waals surface area contributed by atoms with E-state index in [2.05, 4.69) is 47.5 Å². The van der Waals surface area contributed by atoms with Crippen molar-refractivity contribution in [1.29, 1.82) is 0 Å². The molecule has 0 amide bonds. The SMILES string of the molecule is CC(C)C(C)C(N)c1cscc1Br. The van der Waals surface area contributed by atoms with Crippen LogP contribution in [0.5, 0.6) is 0 Å². The minimum Gasteiger partial charge on any atom is -0.324 e. The number of hydrogen-bond acceptors (Lipinski definition) is 2. The molecule has 0 saturated carbocycles. The van der Waals surface area contributed by atoms with Gasteiger partial charge >= 0.3 is 0 Å². The third-order valence-electron chi connectivity index (χ3n) is 2.62. The molecule has 3 heteroatoms. The minimum absolute atomic E-state index is 0.153. The van der Waals surface area contributed by atoms with Crippen molar-refractivity contribution >= 4 is 27.3 Å². The van der Waals surface area contributed by atoms with Gasteiger partial charge < -0.3 is 5.73 Å². The third-order valence-corrected chi connectivity index (χ3v) is 4.37. The van der Waals surface area contributed by atoms with E-state index < -0.39 is 0 Å². The van der Waals surface area contributed by atoms with Crippen molar-refractivity contribution in [2.75, 3.05) is 0 Å². The molecule has 2 atom stereocenters. The molecule has 1 rings (SSSR count). The van der Waals surface area contributed by atoms with Crippen molar-refractivity contribution in [1.82, 2.24) is 0 Å². The van der Waals surface area contributed by atoms with Crippen LogP contribution in [0.25, 0.3) is 0 Å². The molecule has 0 bridgehead atoms. The van der Waals surface area contributed by atoms with Crippen LogP contribution < -0.4 is 5.73 Å². The van der Waals surface area contributed by atoms with Crippen LogP contribution in [-0.2, 0) is 0 Å². The molecule has 0 saturated heterocycles. The lowest BCUT2D eigenvalue weighted by Gasteiger charge is -2.23. The van der Waals surface area contributed by atoms with Crippen molar-refractivity contribution in [2.45, 2.75) is 26.8 Å². The Morgan fingerprint density at radius 1 is 1.31 bits per heavy atom. The van der Waals surface area contributed by atoms with Gasteiger partial charge in [0.05, 0.1) is 0 Å². The van der Waals surface area contributed by atoms with Crippen LogP contribution in [-0.4, -0.2) is 0 Å². The molecule has 1 aromatic heterocycles. The molecule has 2 unspecified atom stereocenters. The summed E-state index contributed by atoms with van der Waals surface area (Å²) in [7, 11) is 0. The molecule has 0 aliphatic heterocycles. The maximum Gasteiger partial charge on any atom is 0.0342 e. The number of halogens is 1. The first-order valence-electron chi connectivity index (χ1n) is 4.51. The Morgan fingerprint density at radius 3 is 2.31 bits per heavy atom. The van der Waals surface area contributed by atoms with Gasteiger partial charge in [-0.25, -0.2) is 0 Å². The number of thiophene rings is 1. The van der Waals surface area contributed by atoms with Gasteiger partial charge in [0.2, 0.25) is 0 Å². The van der Waals surface area contributed by atoms with Crippen LogP contribution in [0.1, 0.15) is 32.4 Å². The van der Waals surface area contributed by atoms with Gasteiger partial charge in [-0.05, 0) is 38.7 Å². The third kappa shape index (κ3) is 2.55. The van der Waals surface area contributed by atoms with Gasteiger partial charge in [-0.2, -0.15) is 11.3 Å². The van der Waals surface area contributed by atoms with Gasteiger partial charge in [0.15, 0.2) is 0 Å². The topological polar surface area (TPSA) is 26.0 Å². The van der Waals surface area contributed by atoms with E-state index in [1.165, 1.54) is 5.56 Å². The monoisotopic (exact) mass is 261 g/mol. The van der Waals surface area contributed by atoms with E-state index in [1.807, 2.05) is 0 Å². The Morgan fingerprint density at radius 2 is 1.92 bits per heavy atom. The minimum atomic E-state index is 0.153. The van der Waals surface area contributed by atoms with E-state index in [9.17, 15) is 0 Å². The lowest BCUT2D eigenvalue weighted by molar-refractivity contribution is 0.352. The molecule has 74 valence electrons. The fourth-order valence-corrected chi connectivity index (χ4v) is 2.84. The lowest BCUT2D eigenvalue weighted by Crippen LogP contribution is -2.22. The van der Waals surface area contributed by atoms with E-state index in [4.69, 9.17) is 5.73 Å². The van der Waals surface area contributed by atoms with E-state index >= 15 is 0 Å². The van der Waals surface area contributed by atoms with E-state index in [0.717, 1.165) is 4.47 Å². The molecule has 1 heterocycles. The Kier molecular flexibility index (Phi) is 3.95. The zero-order valence-corrected chi connectivity index (χ0v) is 10.7. The second-order valence-corrected chi connectivity index (χ2v) is 5.40. The summed E-state index contributed by atoms with van der Waals surface area (Å²) in [5.74, 6) is 1.15. The largest absolute Gasteiger partial charge is 0.324 e. The Bertz CT molecular complexity index is 270. The van der Waals surface area contributed by atoms with Gasteiger partial charge in [0.25, 0.3) is 0 Å². The van der Waals surface area contributed by atoms with Crippen LogP contribution in [0.4, 0.5) is 0 Å². The Hall–Kier alpha value is 0.140. The molecule has 13 heavy (non-hydrogen) atoms. The number of nitrogens with two attached hydrogens (primary N) is 1. The van der Waals surface area contributed by atoms with Crippen LogP contribution in [0.3, 0.4) is 0 Å². The highest BCUT2D eigenvalue weighted by molar-refractivity contribution is 9.10. The molecule has 1 aromatic rings. The fraction of sp³-hybridized carbons (Fsp3) is 0.600. The van der Waals surface area contributed by atoms with Crippen LogP contribution in [0.2, 0.25) is 0 Å². The van der Waals surface area contributed by atoms with Gasteiger partial charge in [0.1, 0.15) is 0 Å². The highest BCUT2D eigenvalue weighted by atomic mass is 79.9. The average molecular weight is 262 g/mol. The first kappa shape index (κ1) is 11.2. The summed E-state index contributed by atoms with van der Waals surface area (Å²) in [6.45, 7) is 6.63. The highest BCUT2D eigenvalue weighted by Crippen LogP contribution is 2.32. The van der Waals surface area contributed by atoms with Crippen molar-refractivity contribution in [2.24, 2.45) is 17.6 Å². The molecular weight excluding hydrogens is 246 g/mol. The summed E-state index contributed by atoms with van der Waals surface area (Å²) < 4.78 is 1.15. The van der Waals surface area contributed by atoms with Gasteiger partial charge in [-0.1, -0.05) is 20.8 Å². The Labute approximate surface area is 92.5 Å². The molecule has 0 fully saturated rings. The summed E-state index contributed by atoms with van der Waals surface area (Å²) in [5, 5.41) is 4.22. The first-order chi connectivity index (χ1) is 6.04. The van der Waals surface area contributed by atoms with Crippen LogP contribution in [0.15, 0.2) is 15.2 Å². The molecule has 0 aliphatic rings. The standard InChI is InChI=1S/C10H16BrNS/c1-6(2)7(3)10(12)8-4-13-5-9(8)11/h4-7,10H,12H2,1-3H3. The van der Waals surface area contributed by atoms with Gasteiger partial charge in [-0.3, -0.25) is 0 Å². The molecule has 0 aromatic carbocycles.